The Labute approximate surface area is 262 Å². The molecule has 2 aromatic carbocycles. The van der Waals surface area contributed by atoms with E-state index in [-0.39, 0.29) is 17.9 Å². The molecule has 1 aliphatic rings. The number of carbonyl (C=O) groups excluding carboxylic acids is 2. The molecule has 4 heterocycles. The van der Waals surface area contributed by atoms with Crippen LogP contribution in [0.3, 0.4) is 0 Å². The summed E-state index contributed by atoms with van der Waals surface area (Å²) in [5.74, 6) is 0.259. The van der Waals surface area contributed by atoms with Crippen LogP contribution in [0.2, 0.25) is 0 Å². The Bertz CT molecular complexity index is 1850. The normalized spacial score (nSPS) is 14.8. The smallest absolute Gasteiger partial charge is 0.253 e. The van der Waals surface area contributed by atoms with Crippen molar-refractivity contribution in [1.82, 2.24) is 29.4 Å². The average molecular weight is 601 g/mol. The summed E-state index contributed by atoms with van der Waals surface area (Å²) in [4.78, 5) is 38.7. The van der Waals surface area contributed by atoms with Gasteiger partial charge in [-0.2, -0.15) is 5.10 Å². The Kier molecular flexibility index (Phi) is 8.65. The number of rotatable bonds is 9. The highest BCUT2D eigenvalue weighted by Crippen LogP contribution is 2.35. The first-order valence-electron chi connectivity index (χ1n) is 15.0. The minimum Gasteiger partial charge on any atom is -0.350 e. The molecule has 228 valence electrons. The van der Waals surface area contributed by atoms with Crippen LogP contribution >= 0.6 is 0 Å². The maximum Gasteiger partial charge on any atom is 0.253 e. The van der Waals surface area contributed by atoms with Crippen molar-refractivity contribution in [3.63, 3.8) is 0 Å². The van der Waals surface area contributed by atoms with Gasteiger partial charge in [0.15, 0.2) is 0 Å². The number of nitrogens with zero attached hydrogens (tertiary/aromatic N) is 6. The van der Waals surface area contributed by atoms with E-state index in [1.807, 2.05) is 64.9 Å². The average Bonchev–Trinajstić information content (AvgIpc) is 3.67. The molecule has 1 aliphatic heterocycles. The van der Waals surface area contributed by atoms with E-state index in [0.717, 1.165) is 40.0 Å². The Hall–Kier alpha value is -5.35. The molecule has 0 radical (unpaired) electrons. The summed E-state index contributed by atoms with van der Waals surface area (Å²) in [6.07, 6.45) is 7.80. The summed E-state index contributed by atoms with van der Waals surface area (Å²) in [7, 11) is 3.88. The van der Waals surface area contributed by atoms with Gasteiger partial charge in [-0.25, -0.2) is 14.5 Å². The van der Waals surface area contributed by atoms with Gasteiger partial charge in [-0.1, -0.05) is 42.5 Å². The minimum atomic E-state index is -0.205. The van der Waals surface area contributed by atoms with Crippen LogP contribution in [-0.2, 0) is 4.79 Å². The van der Waals surface area contributed by atoms with Crippen molar-refractivity contribution >= 4 is 29.0 Å². The highest BCUT2D eigenvalue weighted by molar-refractivity contribution is 6.00. The number of benzene rings is 2. The fourth-order valence-corrected chi connectivity index (χ4v) is 5.55. The molecule has 1 saturated heterocycles. The zero-order chi connectivity index (χ0) is 31.3. The fraction of sp³-hybridized carbons (Fsp3) is 0.229. The van der Waals surface area contributed by atoms with Crippen LogP contribution in [0.4, 0.5) is 11.6 Å². The summed E-state index contributed by atoms with van der Waals surface area (Å²) >= 11 is 0. The van der Waals surface area contributed by atoms with Crippen molar-refractivity contribution in [3.8, 4) is 22.5 Å². The van der Waals surface area contributed by atoms with Crippen LogP contribution in [-0.4, -0.2) is 81.0 Å². The number of pyridine rings is 1. The van der Waals surface area contributed by atoms with Gasteiger partial charge in [0.05, 0.1) is 16.8 Å². The third-order valence-electron chi connectivity index (χ3n) is 7.76. The van der Waals surface area contributed by atoms with Gasteiger partial charge < -0.3 is 20.4 Å². The molecule has 0 aliphatic carbocycles. The van der Waals surface area contributed by atoms with E-state index in [1.165, 1.54) is 6.08 Å². The molecule has 3 aromatic heterocycles. The van der Waals surface area contributed by atoms with Crippen LogP contribution < -0.4 is 10.6 Å². The van der Waals surface area contributed by atoms with Crippen molar-refractivity contribution in [2.75, 3.05) is 44.4 Å². The molecular formula is C35H36N8O2. The van der Waals surface area contributed by atoms with E-state index in [1.54, 1.807) is 36.5 Å². The Morgan fingerprint density at radius 3 is 2.60 bits per heavy atom. The Morgan fingerprint density at radius 1 is 1.02 bits per heavy atom. The monoisotopic (exact) mass is 600 g/mol. The van der Waals surface area contributed by atoms with Gasteiger partial charge in [-0.15, -0.1) is 0 Å². The SMILES string of the molecule is Cc1cccn2nc(-c3ccccc3)c(-c3ccnc(NC4CCN(C(=O)c5ccc(NC(=O)/C=C/CN(C)C)cc5)C4)n3)c12. The van der Waals surface area contributed by atoms with E-state index in [9.17, 15) is 9.59 Å². The number of aromatic nitrogens is 4. The van der Waals surface area contributed by atoms with E-state index in [4.69, 9.17) is 10.1 Å². The maximum absolute atomic E-state index is 13.3. The van der Waals surface area contributed by atoms with Crippen molar-refractivity contribution in [3.05, 3.63) is 108 Å². The Morgan fingerprint density at radius 2 is 1.82 bits per heavy atom. The van der Waals surface area contributed by atoms with Crippen LogP contribution in [0.1, 0.15) is 22.3 Å². The molecule has 0 saturated carbocycles. The number of amides is 2. The van der Waals surface area contributed by atoms with E-state index < -0.39 is 0 Å². The van der Waals surface area contributed by atoms with E-state index >= 15 is 0 Å². The molecule has 1 unspecified atom stereocenters. The number of carbonyl (C=O) groups is 2. The van der Waals surface area contributed by atoms with Gasteiger partial charge in [0, 0.05) is 61.0 Å². The largest absolute Gasteiger partial charge is 0.350 e. The molecule has 0 spiro atoms. The molecule has 1 atom stereocenters. The lowest BCUT2D eigenvalue weighted by Crippen LogP contribution is -2.31. The minimum absolute atomic E-state index is 0.0101. The molecular weight excluding hydrogens is 564 g/mol. The number of hydrogen-bond donors (Lipinski definition) is 2. The van der Waals surface area contributed by atoms with Gasteiger partial charge in [-0.05, 0) is 69.4 Å². The third kappa shape index (κ3) is 6.76. The molecule has 10 nitrogen and oxygen atoms in total. The quantitative estimate of drug-likeness (QED) is 0.225. The number of anilines is 2. The molecule has 0 bridgehead atoms. The lowest BCUT2D eigenvalue weighted by molar-refractivity contribution is -0.111. The Balaban J connectivity index is 1.14. The summed E-state index contributed by atoms with van der Waals surface area (Å²) in [6.45, 7) is 3.92. The number of likely N-dealkylation sites (tertiary alicyclic amines) is 1. The van der Waals surface area contributed by atoms with Crippen molar-refractivity contribution in [1.29, 1.82) is 0 Å². The van der Waals surface area contributed by atoms with Crippen molar-refractivity contribution in [2.45, 2.75) is 19.4 Å². The number of hydrogen-bond acceptors (Lipinski definition) is 7. The van der Waals surface area contributed by atoms with Gasteiger partial charge in [0.2, 0.25) is 11.9 Å². The topological polar surface area (TPSA) is 108 Å². The lowest BCUT2D eigenvalue weighted by atomic mass is 10.0. The number of fused-ring (bicyclic) bond motifs is 1. The molecule has 2 N–H and O–H groups in total. The van der Waals surface area contributed by atoms with E-state index in [2.05, 4.69) is 40.7 Å². The highest BCUT2D eigenvalue weighted by Gasteiger charge is 2.28. The standard InChI is InChI=1S/C35H36N8O2/c1-24-9-7-21-43-33(24)31(32(40-43)25-10-5-4-6-11-25)29-17-19-36-35(39-29)38-28-18-22-42(23-28)34(45)26-13-15-27(16-14-26)37-30(44)12-8-20-41(2)3/h4-17,19,21,28H,18,20,22-23H2,1-3H3,(H,37,44)(H,36,38,39)/b12-8+. The van der Waals surface area contributed by atoms with Crippen molar-refractivity contribution in [2.24, 2.45) is 0 Å². The van der Waals surface area contributed by atoms with Crippen LogP contribution in [0.15, 0.2) is 97.3 Å². The number of aryl methyl sites for hydroxylation is 1. The second kappa shape index (κ2) is 13.1. The molecule has 10 heteroatoms. The zero-order valence-corrected chi connectivity index (χ0v) is 25.6. The highest BCUT2D eigenvalue weighted by atomic mass is 16.2. The predicted molar refractivity (Wildman–Crippen MR) is 177 cm³/mol. The van der Waals surface area contributed by atoms with Gasteiger partial charge >= 0.3 is 0 Å². The summed E-state index contributed by atoms with van der Waals surface area (Å²) in [6, 6.07) is 23.1. The summed E-state index contributed by atoms with van der Waals surface area (Å²) in [5, 5.41) is 11.2. The molecule has 5 aromatic rings. The van der Waals surface area contributed by atoms with Crippen molar-refractivity contribution < 1.29 is 9.59 Å². The van der Waals surface area contributed by atoms with E-state index in [0.29, 0.717) is 36.8 Å². The fourth-order valence-electron chi connectivity index (χ4n) is 5.55. The molecule has 2 amide bonds. The molecule has 6 rings (SSSR count). The third-order valence-corrected chi connectivity index (χ3v) is 7.76. The van der Waals surface area contributed by atoms with Crippen LogP contribution in [0.5, 0.6) is 0 Å². The maximum atomic E-state index is 13.3. The molecule has 45 heavy (non-hydrogen) atoms. The van der Waals surface area contributed by atoms with Crippen LogP contribution in [0, 0.1) is 6.92 Å². The second-order valence-electron chi connectivity index (χ2n) is 11.5. The lowest BCUT2D eigenvalue weighted by Gasteiger charge is -2.17. The first-order chi connectivity index (χ1) is 21.9. The number of likely N-dealkylation sites (N-methyl/N-ethyl adjacent to an activating group) is 1. The van der Waals surface area contributed by atoms with Gasteiger partial charge in [0.25, 0.3) is 5.91 Å². The van der Waals surface area contributed by atoms with Gasteiger partial charge in [0.1, 0.15) is 5.69 Å². The first kappa shape index (κ1) is 29.7. The zero-order valence-electron chi connectivity index (χ0n) is 25.6. The van der Waals surface area contributed by atoms with Crippen LogP contribution in [0.25, 0.3) is 28.0 Å². The number of nitrogens with one attached hydrogen (secondary N) is 2. The summed E-state index contributed by atoms with van der Waals surface area (Å²) in [5.41, 5.74) is 6.93. The summed E-state index contributed by atoms with van der Waals surface area (Å²) < 4.78 is 1.91. The second-order valence-corrected chi connectivity index (χ2v) is 11.5. The van der Waals surface area contributed by atoms with Gasteiger partial charge in [-0.3, -0.25) is 9.59 Å². The predicted octanol–water partition coefficient (Wildman–Crippen LogP) is 5.15. The molecule has 1 fully saturated rings. The first-order valence-corrected chi connectivity index (χ1v) is 15.0.